The van der Waals surface area contributed by atoms with Crippen molar-refractivity contribution in [2.75, 3.05) is 41.1 Å². The van der Waals surface area contributed by atoms with Crippen molar-refractivity contribution in [3.8, 4) is 5.75 Å². The number of nitrogens with zero attached hydrogens (tertiary/aromatic N) is 1. The molecule has 20 heavy (non-hydrogen) atoms. The van der Waals surface area contributed by atoms with E-state index < -0.39 is 0 Å². The molecular formula is C14H20ClNO4. The van der Waals surface area contributed by atoms with Gasteiger partial charge in [0.15, 0.2) is 0 Å². The van der Waals surface area contributed by atoms with Crippen molar-refractivity contribution in [2.45, 2.75) is 6.54 Å². The quantitative estimate of drug-likeness (QED) is 0.689. The molecule has 0 saturated carbocycles. The maximum atomic E-state index is 11.9. The largest absolute Gasteiger partial charge is 0.496 e. The van der Waals surface area contributed by atoms with Crippen LogP contribution in [-0.2, 0) is 20.8 Å². The van der Waals surface area contributed by atoms with E-state index in [9.17, 15) is 4.79 Å². The van der Waals surface area contributed by atoms with Crippen LogP contribution in [-0.4, -0.2) is 51.9 Å². The van der Waals surface area contributed by atoms with Gasteiger partial charge in [-0.3, -0.25) is 4.79 Å². The first-order chi connectivity index (χ1) is 9.58. The molecule has 0 heterocycles. The molecule has 0 unspecified atom stereocenters. The van der Waals surface area contributed by atoms with Gasteiger partial charge in [-0.15, -0.1) is 0 Å². The van der Waals surface area contributed by atoms with E-state index in [1.165, 1.54) is 0 Å². The zero-order valence-corrected chi connectivity index (χ0v) is 12.8. The molecule has 0 bridgehead atoms. The first kappa shape index (κ1) is 16.8. The summed E-state index contributed by atoms with van der Waals surface area (Å²) in [6, 6.07) is 5.32. The first-order valence-electron chi connectivity index (χ1n) is 6.21. The zero-order chi connectivity index (χ0) is 15.0. The SMILES string of the molecule is COCCOCC(=O)N(C)Cc1cc(Cl)ccc1OC. The molecule has 0 atom stereocenters. The third kappa shape index (κ3) is 5.36. The number of carbonyl (C=O) groups is 1. The summed E-state index contributed by atoms with van der Waals surface area (Å²) in [5.41, 5.74) is 0.854. The fourth-order valence-corrected chi connectivity index (χ4v) is 1.82. The third-order valence-corrected chi connectivity index (χ3v) is 2.97. The molecule has 5 nitrogen and oxygen atoms in total. The van der Waals surface area contributed by atoms with Crippen LogP contribution in [0.2, 0.25) is 5.02 Å². The molecule has 1 aromatic carbocycles. The first-order valence-corrected chi connectivity index (χ1v) is 6.59. The maximum Gasteiger partial charge on any atom is 0.248 e. The van der Waals surface area contributed by atoms with Crippen LogP contribution >= 0.6 is 11.6 Å². The van der Waals surface area contributed by atoms with Crippen molar-refractivity contribution in [3.63, 3.8) is 0 Å². The van der Waals surface area contributed by atoms with Crippen LogP contribution in [0.25, 0.3) is 0 Å². The second-order valence-electron chi connectivity index (χ2n) is 4.25. The minimum Gasteiger partial charge on any atom is -0.496 e. The number of carbonyl (C=O) groups excluding carboxylic acids is 1. The number of methoxy groups -OCH3 is 2. The van der Waals surface area contributed by atoms with E-state index in [1.54, 1.807) is 44.4 Å². The van der Waals surface area contributed by atoms with Gasteiger partial charge in [0, 0.05) is 31.3 Å². The lowest BCUT2D eigenvalue weighted by Crippen LogP contribution is -2.30. The predicted molar refractivity (Wildman–Crippen MR) is 77.2 cm³/mol. The monoisotopic (exact) mass is 301 g/mol. The molecule has 1 rings (SSSR count). The topological polar surface area (TPSA) is 48.0 Å². The number of hydrogen-bond donors (Lipinski definition) is 0. The Labute approximate surface area is 124 Å². The van der Waals surface area contributed by atoms with Crippen molar-refractivity contribution in [2.24, 2.45) is 0 Å². The molecule has 0 saturated heterocycles. The fourth-order valence-electron chi connectivity index (χ4n) is 1.63. The minimum atomic E-state index is -0.108. The molecule has 112 valence electrons. The lowest BCUT2D eigenvalue weighted by Gasteiger charge is -2.19. The van der Waals surface area contributed by atoms with Gasteiger partial charge in [-0.2, -0.15) is 0 Å². The molecule has 0 N–H and O–H groups in total. The van der Waals surface area contributed by atoms with E-state index in [1.807, 2.05) is 0 Å². The second kappa shape index (κ2) is 8.79. The van der Waals surface area contributed by atoms with Crippen LogP contribution in [0.1, 0.15) is 5.56 Å². The molecule has 0 spiro atoms. The number of amides is 1. The number of likely N-dealkylation sites (N-methyl/N-ethyl adjacent to an activating group) is 1. The summed E-state index contributed by atoms with van der Waals surface area (Å²) in [5.74, 6) is 0.595. The van der Waals surface area contributed by atoms with Crippen molar-refractivity contribution < 1.29 is 19.0 Å². The molecule has 0 aliphatic carbocycles. The number of rotatable bonds is 8. The zero-order valence-electron chi connectivity index (χ0n) is 12.0. The van der Waals surface area contributed by atoms with E-state index in [4.69, 9.17) is 25.8 Å². The van der Waals surface area contributed by atoms with E-state index in [2.05, 4.69) is 0 Å². The molecular weight excluding hydrogens is 282 g/mol. The van der Waals surface area contributed by atoms with Crippen LogP contribution in [0, 0.1) is 0 Å². The second-order valence-corrected chi connectivity index (χ2v) is 4.69. The Morgan fingerprint density at radius 2 is 2.05 bits per heavy atom. The molecule has 6 heteroatoms. The highest BCUT2D eigenvalue weighted by atomic mass is 35.5. The normalized spacial score (nSPS) is 10.4. The van der Waals surface area contributed by atoms with Gasteiger partial charge >= 0.3 is 0 Å². The smallest absolute Gasteiger partial charge is 0.248 e. The van der Waals surface area contributed by atoms with E-state index in [0.717, 1.165) is 5.56 Å². The van der Waals surface area contributed by atoms with Gasteiger partial charge in [-0.05, 0) is 18.2 Å². The highest BCUT2D eigenvalue weighted by Gasteiger charge is 2.12. The molecule has 0 radical (unpaired) electrons. The molecule has 0 aliphatic heterocycles. The Hall–Kier alpha value is -1.30. The van der Waals surface area contributed by atoms with Crippen molar-refractivity contribution >= 4 is 17.5 Å². The maximum absolute atomic E-state index is 11.9. The van der Waals surface area contributed by atoms with Gasteiger partial charge in [0.05, 0.1) is 20.3 Å². The Kier molecular flexibility index (Phi) is 7.36. The number of hydrogen-bond acceptors (Lipinski definition) is 4. The standard InChI is InChI=1S/C14H20ClNO4/c1-16(14(17)10-20-7-6-18-2)9-11-8-12(15)4-5-13(11)19-3/h4-5,8H,6-7,9-10H2,1-3H3. The Bertz CT molecular complexity index is 439. The summed E-state index contributed by atoms with van der Waals surface area (Å²) >= 11 is 5.96. The predicted octanol–water partition coefficient (Wildman–Crippen LogP) is 1.97. The molecule has 1 amide bonds. The van der Waals surface area contributed by atoms with Gasteiger partial charge < -0.3 is 19.1 Å². The van der Waals surface area contributed by atoms with Crippen LogP contribution < -0.4 is 4.74 Å². The fraction of sp³-hybridized carbons (Fsp3) is 0.500. The minimum absolute atomic E-state index is 0.0305. The van der Waals surface area contributed by atoms with Crippen molar-refractivity contribution in [1.29, 1.82) is 0 Å². The molecule has 0 aromatic heterocycles. The van der Waals surface area contributed by atoms with Crippen LogP contribution in [0.5, 0.6) is 5.75 Å². The number of halogens is 1. The van der Waals surface area contributed by atoms with Crippen LogP contribution in [0.3, 0.4) is 0 Å². The number of ether oxygens (including phenoxy) is 3. The van der Waals surface area contributed by atoms with Gasteiger partial charge in [-0.1, -0.05) is 11.6 Å². The van der Waals surface area contributed by atoms with Crippen molar-refractivity contribution in [1.82, 2.24) is 4.90 Å². The summed E-state index contributed by atoms with van der Waals surface area (Å²) in [6.07, 6.45) is 0. The van der Waals surface area contributed by atoms with E-state index in [0.29, 0.717) is 30.5 Å². The number of benzene rings is 1. The van der Waals surface area contributed by atoms with Crippen LogP contribution in [0.4, 0.5) is 0 Å². The summed E-state index contributed by atoms with van der Waals surface area (Å²) in [6.45, 7) is 1.31. The lowest BCUT2D eigenvalue weighted by molar-refractivity contribution is -0.135. The molecule has 0 aliphatic rings. The lowest BCUT2D eigenvalue weighted by atomic mass is 10.2. The van der Waals surface area contributed by atoms with E-state index in [-0.39, 0.29) is 12.5 Å². The summed E-state index contributed by atoms with van der Waals surface area (Å²) in [7, 11) is 4.88. The highest BCUT2D eigenvalue weighted by Crippen LogP contribution is 2.23. The molecule has 0 fully saturated rings. The van der Waals surface area contributed by atoms with Gasteiger partial charge in [0.2, 0.25) is 5.91 Å². The average molecular weight is 302 g/mol. The van der Waals surface area contributed by atoms with Crippen LogP contribution in [0.15, 0.2) is 18.2 Å². The van der Waals surface area contributed by atoms with Gasteiger partial charge in [-0.25, -0.2) is 0 Å². The summed E-state index contributed by atoms with van der Waals surface area (Å²) in [4.78, 5) is 13.5. The van der Waals surface area contributed by atoms with Gasteiger partial charge in [0.25, 0.3) is 0 Å². The molecule has 1 aromatic rings. The van der Waals surface area contributed by atoms with E-state index >= 15 is 0 Å². The average Bonchev–Trinajstić information content (AvgIpc) is 2.43. The Morgan fingerprint density at radius 1 is 1.30 bits per heavy atom. The Morgan fingerprint density at radius 3 is 2.70 bits per heavy atom. The van der Waals surface area contributed by atoms with Gasteiger partial charge in [0.1, 0.15) is 12.4 Å². The summed E-state index contributed by atoms with van der Waals surface area (Å²) < 4.78 is 15.3. The third-order valence-electron chi connectivity index (χ3n) is 2.73. The highest BCUT2D eigenvalue weighted by molar-refractivity contribution is 6.30. The Balaban J connectivity index is 2.54. The summed E-state index contributed by atoms with van der Waals surface area (Å²) in [5, 5.41) is 0.609. The van der Waals surface area contributed by atoms with Crippen molar-refractivity contribution in [3.05, 3.63) is 28.8 Å².